The Bertz CT molecular complexity index is 946. The second kappa shape index (κ2) is 10.00. The molecular weight excluding hydrogens is 412 g/mol. The Kier molecular flexibility index (Phi) is 7.95. The predicted octanol–water partition coefficient (Wildman–Crippen LogP) is 2.92. The Balaban J connectivity index is 2.07. The molecule has 0 heterocycles. The van der Waals surface area contributed by atoms with Crippen LogP contribution in [-0.2, 0) is 14.8 Å². The van der Waals surface area contributed by atoms with Crippen LogP contribution in [0.25, 0.3) is 0 Å². The first-order valence-electron chi connectivity index (χ1n) is 8.84. The normalized spacial score (nSPS) is 12.5. The summed E-state index contributed by atoms with van der Waals surface area (Å²) in [6, 6.07) is 11.9. The second-order valence-electron chi connectivity index (χ2n) is 6.34. The number of benzene rings is 2. The molecule has 0 spiro atoms. The van der Waals surface area contributed by atoms with Crippen LogP contribution in [0, 0.1) is 0 Å². The van der Waals surface area contributed by atoms with Crippen molar-refractivity contribution in [2.24, 2.45) is 0 Å². The summed E-state index contributed by atoms with van der Waals surface area (Å²) in [5.74, 6) is 0.333. The summed E-state index contributed by atoms with van der Waals surface area (Å²) >= 11 is 1.64. The molecule has 2 aromatic rings. The molecule has 0 radical (unpaired) electrons. The number of carbonyl (C=O) groups is 1. The summed E-state index contributed by atoms with van der Waals surface area (Å²) in [7, 11) is 0.397. The van der Waals surface area contributed by atoms with Crippen molar-refractivity contribution in [1.29, 1.82) is 0 Å². The van der Waals surface area contributed by atoms with Gasteiger partial charge in [0.2, 0.25) is 15.9 Å². The number of nitrogens with zero attached hydrogens (tertiary/aromatic N) is 1. The molecule has 7 nitrogen and oxygen atoms in total. The molecule has 1 N–H and O–H groups in total. The van der Waals surface area contributed by atoms with Crippen LogP contribution >= 0.6 is 11.8 Å². The highest BCUT2D eigenvalue weighted by atomic mass is 32.2. The van der Waals surface area contributed by atoms with E-state index in [4.69, 9.17) is 9.47 Å². The molecule has 0 aliphatic carbocycles. The summed E-state index contributed by atoms with van der Waals surface area (Å²) in [5.41, 5.74) is 0.946. The number of methoxy groups -OCH3 is 2. The molecule has 2 rings (SSSR count). The van der Waals surface area contributed by atoms with Gasteiger partial charge in [-0.15, -0.1) is 11.8 Å². The van der Waals surface area contributed by atoms with Crippen molar-refractivity contribution in [1.82, 2.24) is 9.62 Å². The largest absolute Gasteiger partial charge is 0.493 e. The number of rotatable bonds is 9. The van der Waals surface area contributed by atoms with E-state index >= 15 is 0 Å². The monoisotopic (exact) mass is 438 g/mol. The van der Waals surface area contributed by atoms with Gasteiger partial charge >= 0.3 is 0 Å². The van der Waals surface area contributed by atoms with E-state index in [1.54, 1.807) is 11.8 Å². The fourth-order valence-electron chi connectivity index (χ4n) is 2.71. The summed E-state index contributed by atoms with van der Waals surface area (Å²) in [6.07, 6.45) is 1.99. The molecule has 0 aromatic heterocycles. The van der Waals surface area contributed by atoms with Crippen molar-refractivity contribution in [3.63, 3.8) is 0 Å². The van der Waals surface area contributed by atoms with Crippen LogP contribution < -0.4 is 14.8 Å². The maximum atomic E-state index is 12.8. The van der Waals surface area contributed by atoms with Gasteiger partial charge in [-0.1, -0.05) is 12.1 Å². The Morgan fingerprint density at radius 2 is 1.72 bits per heavy atom. The highest BCUT2D eigenvalue weighted by Crippen LogP contribution is 2.30. The zero-order chi connectivity index (χ0) is 21.6. The molecule has 158 valence electrons. The molecule has 0 fully saturated rings. The Morgan fingerprint density at radius 1 is 1.10 bits per heavy atom. The van der Waals surface area contributed by atoms with Crippen LogP contribution in [0.1, 0.15) is 18.5 Å². The van der Waals surface area contributed by atoms with Crippen LogP contribution in [0.5, 0.6) is 11.5 Å². The molecule has 1 atom stereocenters. The first kappa shape index (κ1) is 23.1. The third-order valence-corrected chi connectivity index (χ3v) is 6.97. The van der Waals surface area contributed by atoms with E-state index in [0.717, 1.165) is 14.8 Å². The Labute approximate surface area is 176 Å². The third kappa shape index (κ3) is 5.65. The lowest BCUT2D eigenvalue weighted by Gasteiger charge is -2.20. The van der Waals surface area contributed by atoms with Crippen molar-refractivity contribution in [2.75, 3.05) is 34.1 Å². The maximum absolute atomic E-state index is 12.8. The minimum Gasteiger partial charge on any atom is -0.493 e. The van der Waals surface area contributed by atoms with Gasteiger partial charge in [-0.3, -0.25) is 4.79 Å². The molecule has 2 aromatic carbocycles. The van der Waals surface area contributed by atoms with Gasteiger partial charge in [0.05, 0.1) is 31.7 Å². The number of ether oxygens (including phenoxy) is 2. The number of hydrogen-bond donors (Lipinski definition) is 1. The van der Waals surface area contributed by atoms with E-state index in [-0.39, 0.29) is 17.5 Å². The minimum absolute atomic E-state index is 0.0196. The standard InChI is InChI=1S/C20H26N2O5S2/c1-14(15-6-8-16(28-5)9-7-15)21-20(23)13-22(2)29(24,25)17-10-11-18(26-3)19(12-17)27-4/h6-12,14H,13H2,1-5H3,(H,21,23)/t14-/m1/s1. The fourth-order valence-corrected chi connectivity index (χ4v) is 4.26. The van der Waals surface area contributed by atoms with Gasteiger partial charge in [0, 0.05) is 18.0 Å². The first-order valence-corrected chi connectivity index (χ1v) is 11.5. The van der Waals surface area contributed by atoms with Crippen molar-refractivity contribution in [3.8, 4) is 11.5 Å². The average molecular weight is 439 g/mol. The number of likely N-dealkylation sites (N-methyl/N-ethyl adjacent to an activating group) is 1. The molecular formula is C20H26N2O5S2. The maximum Gasteiger partial charge on any atom is 0.243 e. The molecule has 0 aliphatic heterocycles. The minimum atomic E-state index is -3.87. The molecule has 0 saturated heterocycles. The number of hydrogen-bond acceptors (Lipinski definition) is 6. The van der Waals surface area contributed by atoms with E-state index in [9.17, 15) is 13.2 Å². The number of nitrogens with one attached hydrogen (secondary N) is 1. The van der Waals surface area contributed by atoms with Crippen LogP contribution in [-0.4, -0.2) is 52.7 Å². The summed E-state index contributed by atoms with van der Waals surface area (Å²) in [5, 5.41) is 2.83. The zero-order valence-electron chi connectivity index (χ0n) is 17.1. The number of thioether (sulfide) groups is 1. The van der Waals surface area contributed by atoms with Gasteiger partial charge in [0.15, 0.2) is 11.5 Å². The topological polar surface area (TPSA) is 84.9 Å². The van der Waals surface area contributed by atoms with E-state index < -0.39 is 15.9 Å². The van der Waals surface area contributed by atoms with Crippen molar-refractivity contribution in [3.05, 3.63) is 48.0 Å². The molecule has 29 heavy (non-hydrogen) atoms. The summed E-state index contributed by atoms with van der Waals surface area (Å²) < 4.78 is 36.9. The molecule has 0 unspecified atom stereocenters. The number of carbonyl (C=O) groups excluding carboxylic acids is 1. The molecule has 0 bridgehead atoms. The molecule has 1 amide bonds. The van der Waals surface area contributed by atoms with E-state index in [1.165, 1.54) is 39.5 Å². The third-order valence-electron chi connectivity index (χ3n) is 4.42. The Morgan fingerprint density at radius 3 is 2.28 bits per heavy atom. The quantitative estimate of drug-likeness (QED) is 0.606. The van der Waals surface area contributed by atoms with Gasteiger partial charge in [0.1, 0.15) is 0 Å². The van der Waals surface area contributed by atoms with E-state index in [2.05, 4.69) is 5.32 Å². The second-order valence-corrected chi connectivity index (χ2v) is 9.26. The number of sulfonamides is 1. The highest BCUT2D eigenvalue weighted by Gasteiger charge is 2.25. The van der Waals surface area contributed by atoms with Gasteiger partial charge in [-0.2, -0.15) is 4.31 Å². The van der Waals surface area contributed by atoms with Crippen LogP contribution in [0.15, 0.2) is 52.3 Å². The van der Waals surface area contributed by atoms with Gasteiger partial charge in [0.25, 0.3) is 0 Å². The van der Waals surface area contributed by atoms with Crippen LogP contribution in [0.3, 0.4) is 0 Å². The van der Waals surface area contributed by atoms with E-state index in [1.807, 2.05) is 37.4 Å². The summed E-state index contributed by atoms with van der Waals surface area (Å²) in [4.78, 5) is 13.5. The van der Waals surface area contributed by atoms with Gasteiger partial charge < -0.3 is 14.8 Å². The van der Waals surface area contributed by atoms with Crippen molar-refractivity contribution >= 4 is 27.7 Å². The molecule has 9 heteroatoms. The lowest BCUT2D eigenvalue weighted by molar-refractivity contribution is -0.121. The average Bonchev–Trinajstić information content (AvgIpc) is 2.72. The lowest BCUT2D eigenvalue weighted by atomic mass is 10.1. The predicted molar refractivity (Wildman–Crippen MR) is 114 cm³/mol. The molecule has 0 aliphatic rings. The highest BCUT2D eigenvalue weighted by molar-refractivity contribution is 7.98. The molecule has 0 saturated carbocycles. The van der Waals surface area contributed by atoms with Gasteiger partial charge in [-0.25, -0.2) is 8.42 Å². The van der Waals surface area contributed by atoms with E-state index in [0.29, 0.717) is 11.5 Å². The smallest absolute Gasteiger partial charge is 0.243 e. The van der Waals surface area contributed by atoms with Gasteiger partial charge in [-0.05, 0) is 43.0 Å². The lowest BCUT2D eigenvalue weighted by Crippen LogP contribution is -2.39. The first-order chi connectivity index (χ1) is 13.7. The van der Waals surface area contributed by atoms with Crippen molar-refractivity contribution < 1.29 is 22.7 Å². The SMILES string of the molecule is COc1ccc(S(=O)(=O)N(C)CC(=O)N[C@H](C)c2ccc(SC)cc2)cc1OC. The summed E-state index contributed by atoms with van der Waals surface area (Å²) in [6.45, 7) is 1.55. The number of amides is 1. The van der Waals surface area contributed by atoms with Crippen molar-refractivity contribution in [2.45, 2.75) is 22.8 Å². The van der Waals surface area contributed by atoms with Crippen LogP contribution in [0.4, 0.5) is 0 Å². The Hall–Kier alpha value is -2.23. The van der Waals surface area contributed by atoms with Crippen LogP contribution in [0.2, 0.25) is 0 Å². The zero-order valence-corrected chi connectivity index (χ0v) is 18.8. The fraction of sp³-hybridized carbons (Fsp3) is 0.350.